The highest BCUT2D eigenvalue weighted by molar-refractivity contribution is 5.98. The Balaban J connectivity index is 2.01. The Morgan fingerprint density at radius 3 is 3.05 bits per heavy atom. The average molecular weight is 279 g/mol. The van der Waals surface area contributed by atoms with E-state index in [4.69, 9.17) is 9.47 Å². The minimum Gasteiger partial charge on any atom is -0.385 e. The van der Waals surface area contributed by atoms with Crippen molar-refractivity contribution in [3.8, 4) is 0 Å². The number of methoxy groups -OCH3 is 1. The third kappa shape index (κ3) is 3.91. The molecule has 0 unspecified atom stereocenters. The van der Waals surface area contributed by atoms with E-state index in [2.05, 4.69) is 15.2 Å². The molecular formula is C14H21N3O3. The number of hydrogen-bond acceptors (Lipinski definition) is 5. The van der Waals surface area contributed by atoms with Crippen LogP contribution in [0.2, 0.25) is 0 Å². The zero-order valence-electron chi connectivity index (χ0n) is 11.8. The summed E-state index contributed by atoms with van der Waals surface area (Å²) in [5.41, 5.74) is 0.617. The largest absolute Gasteiger partial charge is 0.385 e. The van der Waals surface area contributed by atoms with Crippen LogP contribution in [0, 0.1) is 0 Å². The zero-order valence-corrected chi connectivity index (χ0v) is 11.8. The van der Waals surface area contributed by atoms with E-state index in [1.165, 1.54) is 0 Å². The lowest BCUT2D eigenvalue weighted by Crippen LogP contribution is -2.38. The van der Waals surface area contributed by atoms with Crippen molar-refractivity contribution >= 4 is 11.7 Å². The van der Waals surface area contributed by atoms with Crippen molar-refractivity contribution in [3.63, 3.8) is 0 Å². The molecule has 110 valence electrons. The van der Waals surface area contributed by atoms with Crippen LogP contribution in [0.25, 0.3) is 0 Å². The van der Waals surface area contributed by atoms with Crippen molar-refractivity contribution in [1.29, 1.82) is 0 Å². The number of carbonyl (C=O) groups excluding carboxylic acids is 1. The first-order valence-electron chi connectivity index (χ1n) is 6.88. The summed E-state index contributed by atoms with van der Waals surface area (Å²) < 4.78 is 10.3. The predicted octanol–water partition coefficient (Wildman–Crippen LogP) is 0.684. The second-order valence-electron chi connectivity index (χ2n) is 4.58. The fourth-order valence-corrected chi connectivity index (χ4v) is 2.12. The Bertz CT molecular complexity index is 433. The molecular weight excluding hydrogens is 258 g/mol. The Hall–Kier alpha value is -1.66. The van der Waals surface area contributed by atoms with Gasteiger partial charge in [0.15, 0.2) is 0 Å². The normalized spacial score (nSPS) is 15.2. The van der Waals surface area contributed by atoms with E-state index in [1.54, 1.807) is 19.4 Å². The van der Waals surface area contributed by atoms with E-state index in [1.807, 2.05) is 6.07 Å². The monoisotopic (exact) mass is 279 g/mol. The molecule has 1 aromatic heterocycles. The Morgan fingerprint density at radius 2 is 2.30 bits per heavy atom. The van der Waals surface area contributed by atoms with Gasteiger partial charge in [-0.1, -0.05) is 0 Å². The highest BCUT2D eigenvalue weighted by Gasteiger charge is 2.19. The van der Waals surface area contributed by atoms with Crippen LogP contribution in [-0.2, 0) is 9.47 Å². The van der Waals surface area contributed by atoms with Gasteiger partial charge >= 0.3 is 0 Å². The van der Waals surface area contributed by atoms with Gasteiger partial charge < -0.3 is 19.7 Å². The molecule has 0 spiro atoms. The van der Waals surface area contributed by atoms with Gasteiger partial charge in [-0.25, -0.2) is 4.98 Å². The van der Waals surface area contributed by atoms with Crippen LogP contribution in [0.1, 0.15) is 16.8 Å². The number of hydrogen-bond donors (Lipinski definition) is 1. The van der Waals surface area contributed by atoms with Gasteiger partial charge in [0.05, 0.1) is 18.8 Å². The van der Waals surface area contributed by atoms with Crippen LogP contribution >= 0.6 is 0 Å². The summed E-state index contributed by atoms with van der Waals surface area (Å²) in [7, 11) is 1.65. The summed E-state index contributed by atoms with van der Waals surface area (Å²) >= 11 is 0. The van der Waals surface area contributed by atoms with E-state index in [0.717, 1.165) is 25.3 Å². The molecule has 1 aliphatic rings. The Morgan fingerprint density at radius 1 is 1.50 bits per heavy atom. The molecule has 0 aromatic carbocycles. The predicted molar refractivity (Wildman–Crippen MR) is 76.1 cm³/mol. The molecule has 0 bridgehead atoms. The van der Waals surface area contributed by atoms with Crippen molar-refractivity contribution in [2.75, 3.05) is 51.5 Å². The van der Waals surface area contributed by atoms with Gasteiger partial charge in [0.2, 0.25) is 0 Å². The number of nitrogens with one attached hydrogen (secondary N) is 1. The maximum Gasteiger partial charge on any atom is 0.255 e. The average Bonchev–Trinajstić information content (AvgIpc) is 2.52. The van der Waals surface area contributed by atoms with Gasteiger partial charge in [0, 0.05) is 39.5 Å². The number of aromatic nitrogens is 1. The van der Waals surface area contributed by atoms with Crippen LogP contribution < -0.4 is 10.2 Å². The number of carbonyl (C=O) groups is 1. The first-order chi connectivity index (χ1) is 9.83. The van der Waals surface area contributed by atoms with Crippen LogP contribution in [0.4, 0.5) is 5.82 Å². The molecule has 1 aromatic rings. The third-order valence-electron chi connectivity index (χ3n) is 3.15. The lowest BCUT2D eigenvalue weighted by Gasteiger charge is -2.29. The van der Waals surface area contributed by atoms with Crippen molar-refractivity contribution < 1.29 is 14.3 Å². The van der Waals surface area contributed by atoms with Gasteiger partial charge in [0.25, 0.3) is 5.91 Å². The van der Waals surface area contributed by atoms with E-state index in [-0.39, 0.29) is 5.91 Å². The van der Waals surface area contributed by atoms with Crippen LogP contribution in [-0.4, -0.2) is 57.5 Å². The zero-order chi connectivity index (χ0) is 14.2. The van der Waals surface area contributed by atoms with Crippen LogP contribution in [0.3, 0.4) is 0 Å². The summed E-state index contributed by atoms with van der Waals surface area (Å²) in [4.78, 5) is 18.7. The summed E-state index contributed by atoms with van der Waals surface area (Å²) in [6.45, 7) is 4.12. The SMILES string of the molecule is COCCCNC(=O)c1cccnc1N1CCOCC1. The van der Waals surface area contributed by atoms with Crippen molar-refractivity contribution in [1.82, 2.24) is 10.3 Å². The fraction of sp³-hybridized carbons (Fsp3) is 0.571. The highest BCUT2D eigenvalue weighted by Crippen LogP contribution is 2.18. The number of morpholine rings is 1. The minimum atomic E-state index is -0.0873. The third-order valence-corrected chi connectivity index (χ3v) is 3.15. The van der Waals surface area contributed by atoms with E-state index < -0.39 is 0 Å². The lowest BCUT2D eigenvalue weighted by molar-refractivity contribution is 0.0946. The van der Waals surface area contributed by atoms with Crippen LogP contribution in [0.5, 0.6) is 0 Å². The summed E-state index contributed by atoms with van der Waals surface area (Å²) in [6.07, 6.45) is 2.52. The molecule has 2 heterocycles. The molecule has 2 rings (SSSR count). The first-order valence-corrected chi connectivity index (χ1v) is 6.88. The molecule has 1 amide bonds. The second kappa shape index (κ2) is 7.81. The molecule has 0 saturated carbocycles. The summed E-state index contributed by atoms with van der Waals surface area (Å²) in [6, 6.07) is 3.59. The molecule has 1 N–H and O–H groups in total. The molecule has 0 atom stereocenters. The number of rotatable bonds is 6. The molecule has 20 heavy (non-hydrogen) atoms. The van der Waals surface area contributed by atoms with Gasteiger partial charge in [-0.3, -0.25) is 4.79 Å². The summed E-state index contributed by atoms with van der Waals surface area (Å²) in [5, 5.41) is 2.90. The van der Waals surface area contributed by atoms with Gasteiger partial charge in [-0.2, -0.15) is 0 Å². The molecule has 0 radical (unpaired) electrons. The molecule has 0 aliphatic carbocycles. The van der Waals surface area contributed by atoms with Crippen LogP contribution in [0.15, 0.2) is 18.3 Å². The maximum absolute atomic E-state index is 12.2. The van der Waals surface area contributed by atoms with Crippen molar-refractivity contribution in [2.24, 2.45) is 0 Å². The molecule has 1 saturated heterocycles. The van der Waals surface area contributed by atoms with Crippen molar-refractivity contribution in [3.05, 3.63) is 23.9 Å². The van der Waals surface area contributed by atoms with Gasteiger partial charge in [-0.05, 0) is 18.6 Å². The molecule has 6 heteroatoms. The van der Waals surface area contributed by atoms with E-state index in [0.29, 0.717) is 31.9 Å². The smallest absolute Gasteiger partial charge is 0.255 e. The quantitative estimate of drug-likeness (QED) is 0.776. The van der Waals surface area contributed by atoms with E-state index in [9.17, 15) is 4.79 Å². The molecule has 1 aliphatic heterocycles. The topological polar surface area (TPSA) is 63.7 Å². The number of ether oxygens (including phenoxy) is 2. The fourth-order valence-electron chi connectivity index (χ4n) is 2.12. The first kappa shape index (κ1) is 14.7. The summed E-state index contributed by atoms with van der Waals surface area (Å²) in [5.74, 6) is 0.649. The number of anilines is 1. The molecule has 1 fully saturated rings. The van der Waals surface area contributed by atoms with E-state index >= 15 is 0 Å². The van der Waals surface area contributed by atoms with Crippen molar-refractivity contribution in [2.45, 2.75) is 6.42 Å². The number of amides is 1. The van der Waals surface area contributed by atoms with Gasteiger partial charge in [0.1, 0.15) is 5.82 Å². The standard InChI is InChI=1S/C14H21N3O3/c1-19-9-3-6-16-14(18)12-4-2-5-15-13(12)17-7-10-20-11-8-17/h2,4-5H,3,6-11H2,1H3,(H,16,18). The second-order valence-corrected chi connectivity index (χ2v) is 4.58. The number of pyridine rings is 1. The minimum absolute atomic E-state index is 0.0873. The highest BCUT2D eigenvalue weighted by atomic mass is 16.5. The lowest BCUT2D eigenvalue weighted by atomic mass is 10.2. The maximum atomic E-state index is 12.2. The Labute approximate surface area is 119 Å². The Kier molecular flexibility index (Phi) is 5.76. The number of nitrogens with zero attached hydrogens (tertiary/aromatic N) is 2. The molecule has 6 nitrogen and oxygen atoms in total. The van der Waals surface area contributed by atoms with Gasteiger partial charge in [-0.15, -0.1) is 0 Å².